The highest BCUT2D eigenvalue weighted by molar-refractivity contribution is 7.15. The Labute approximate surface area is 318 Å². The predicted octanol–water partition coefficient (Wildman–Crippen LogP) is 6.69. The maximum Gasteiger partial charge on any atom is 0.223 e. The number of nitrogens with zero attached hydrogens (tertiary/aromatic N) is 4. The van der Waals surface area contributed by atoms with Crippen molar-refractivity contribution in [3.05, 3.63) is 120 Å². The van der Waals surface area contributed by atoms with Gasteiger partial charge >= 0.3 is 0 Å². The molecule has 4 aromatic rings. The van der Waals surface area contributed by atoms with Gasteiger partial charge in [-0.15, -0.1) is 20.8 Å². The predicted molar refractivity (Wildman–Crippen MR) is 212 cm³/mol. The Kier molecular flexibility index (Phi) is 22.6. The van der Waals surface area contributed by atoms with Gasteiger partial charge in [-0.3, -0.25) is 19.6 Å². The van der Waals surface area contributed by atoms with Crippen molar-refractivity contribution in [2.24, 2.45) is 0 Å². The highest BCUT2D eigenvalue weighted by Crippen LogP contribution is 2.22. The zero-order valence-electron chi connectivity index (χ0n) is 31.0. The first kappa shape index (κ1) is 44.1. The molecule has 2 aromatic carbocycles. The number of amides is 2. The van der Waals surface area contributed by atoms with Gasteiger partial charge in [0, 0.05) is 56.6 Å². The second kappa shape index (κ2) is 26.7. The average molecular weight is 757 g/mol. The molecule has 2 saturated heterocycles. The summed E-state index contributed by atoms with van der Waals surface area (Å²) in [5, 5.41) is 18.3. The SMILES string of the molecule is C.COc1ccc(C)cc1.COc1ccc(CCl)cc1.O=C1CC[C@@H](CO)N1Cc1ccncc1.O=C1CC[C@@H](CO)N1Cc1ccncc1.[3H]PC. The molecule has 1 unspecified atom stereocenters. The maximum atomic E-state index is 11.5. The highest BCUT2D eigenvalue weighted by Gasteiger charge is 2.30. The molecule has 3 atom stereocenters. The number of aryl methyl sites for hydroxylation is 1. The fraction of sp³-hybridized carbons (Fsp3) is 0.400. The molecule has 2 fully saturated rings. The number of ether oxygens (including phenoxy) is 2. The van der Waals surface area contributed by atoms with E-state index in [4.69, 9.17) is 32.6 Å². The first-order chi connectivity index (χ1) is 25.2. The standard InChI is InChI=1S/2C11H14N2O2.C8H9ClO.C8H10O.CH5P.CH4/c2*14-8-10-1-2-11(15)13(10)7-9-3-5-12-6-4-9;1-10-8-4-2-7(6-9)3-5-8;1-7-3-5-8(9-2)6-4-7;1-2;/h2*3-6,10,14H,1-2,7-8H2;2-5H,6H2,1H3;3-6H,1-2H3;2H2,1H3;1H4/t2*10-;;;;/m00..../s1/i;;;;2T;. The van der Waals surface area contributed by atoms with Crippen molar-refractivity contribution < 1.29 is 29.3 Å². The van der Waals surface area contributed by atoms with E-state index in [0.29, 0.717) is 41.0 Å². The average Bonchev–Trinajstić information content (AvgIpc) is 3.73. The molecule has 0 radical (unpaired) electrons. The van der Waals surface area contributed by atoms with Crippen LogP contribution in [-0.2, 0) is 28.6 Å². The summed E-state index contributed by atoms with van der Waals surface area (Å²) in [5.41, 5.74) is 4.48. The van der Waals surface area contributed by atoms with Gasteiger partial charge < -0.3 is 29.5 Å². The highest BCUT2D eigenvalue weighted by atomic mass is 35.5. The van der Waals surface area contributed by atoms with Gasteiger partial charge in [0.2, 0.25) is 11.8 Å². The number of hydrogen-bond donors (Lipinski definition) is 2. The molecule has 2 amide bonds. The molecular weight excluding hydrogens is 699 g/mol. The summed E-state index contributed by atoms with van der Waals surface area (Å²) in [4.78, 5) is 34.4. The normalized spacial score (nSPS) is 16.1. The number of rotatable bonds is 9. The summed E-state index contributed by atoms with van der Waals surface area (Å²) in [6, 6.07) is 23.2. The van der Waals surface area contributed by atoms with Gasteiger partial charge in [0.15, 0.2) is 0 Å². The first-order valence-electron chi connectivity index (χ1n) is 17.2. The van der Waals surface area contributed by atoms with Crippen molar-refractivity contribution in [3.8, 4) is 11.5 Å². The third-order valence-corrected chi connectivity index (χ3v) is 8.41. The van der Waals surface area contributed by atoms with Crippen molar-refractivity contribution in [2.75, 3.05) is 34.1 Å². The monoisotopic (exact) mass is 756 g/mol. The lowest BCUT2D eigenvalue weighted by Crippen LogP contribution is -2.34. The summed E-state index contributed by atoms with van der Waals surface area (Å²) >= 11 is 5.58. The Bertz CT molecular complexity index is 1450. The molecular formula is C40H56ClN4O6P. The Morgan fingerprint density at radius 3 is 1.42 bits per heavy atom. The lowest BCUT2D eigenvalue weighted by atomic mass is 10.2. The second-order valence-electron chi connectivity index (χ2n) is 11.5. The van der Waals surface area contributed by atoms with Gasteiger partial charge in [-0.2, -0.15) is 0 Å². The third-order valence-electron chi connectivity index (χ3n) is 8.10. The molecule has 2 aliphatic heterocycles. The molecule has 52 heavy (non-hydrogen) atoms. The molecule has 10 nitrogen and oxygen atoms in total. The topological polar surface area (TPSA) is 125 Å². The largest absolute Gasteiger partial charge is 0.497 e. The number of aliphatic hydroxyl groups is 2. The van der Waals surface area contributed by atoms with Crippen LogP contribution in [0.3, 0.4) is 0 Å². The molecule has 2 aliphatic rings. The van der Waals surface area contributed by atoms with Crippen LogP contribution in [0.15, 0.2) is 97.6 Å². The number of benzene rings is 2. The van der Waals surface area contributed by atoms with Crippen LogP contribution < -0.4 is 9.47 Å². The maximum absolute atomic E-state index is 11.5. The van der Waals surface area contributed by atoms with E-state index in [1.165, 1.54) is 5.56 Å². The molecule has 4 heterocycles. The number of methoxy groups -OCH3 is 2. The number of hydrogen-bond acceptors (Lipinski definition) is 8. The van der Waals surface area contributed by atoms with E-state index in [1.807, 2.05) is 79.5 Å². The number of carbonyl (C=O) groups excluding carboxylic acids is 2. The summed E-state index contributed by atoms with van der Waals surface area (Å²) in [7, 11) is 3.65. The first-order valence-corrected chi connectivity index (χ1v) is 18.2. The summed E-state index contributed by atoms with van der Waals surface area (Å²) < 4.78 is 16.2. The number of carbonyl (C=O) groups is 2. The fourth-order valence-electron chi connectivity index (χ4n) is 5.16. The Hall–Kier alpha value is -4.08. The summed E-state index contributed by atoms with van der Waals surface area (Å²) in [6.07, 6.45) is 9.48. The van der Waals surface area contributed by atoms with Crippen LogP contribution in [0.1, 0.15) is 55.4 Å². The molecule has 6 rings (SSSR count). The van der Waals surface area contributed by atoms with Crippen molar-refractivity contribution in [1.29, 1.82) is 1.28 Å². The summed E-state index contributed by atoms with van der Waals surface area (Å²) in [5.74, 6) is 2.61. The van der Waals surface area contributed by atoms with E-state index in [-0.39, 0.29) is 44.5 Å². The number of aromatic nitrogens is 2. The number of halogens is 1. The fourth-order valence-corrected chi connectivity index (χ4v) is 5.34. The Balaban J connectivity index is 0.000000350. The number of pyridine rings is 2. The minimum absolute atomic E-state index is 0. The van der Waals surface area contributed by atoms with Crippen LogP contribution in [0, 0.1) is 6.92 Å². The number of aliphatic hydroxyl groups excluding tert-OH is 2. The molecule has 0 spiro atoms. The zero-order valence-corrected chi connectivity index (χ0v) is 31.7. The van der Waals surface area contributed by atoms with Crippen LogP contribution in [0.5, 0.6) is 11.5 Å². The van der Waals surface area contributed by atoms with Crippen LogP contribution in [0.4, 0.5) is 0 Å². The molecule has 0 aliphatic carbocycles. The van der Waals surface area contributed by atoms with Crippen molar-refractivity contribution in [3.63, 3.8) is 0 Å². The van der Waals surface area contributed by atoms with E-state index in [1.54, 1.807) is 48.8 Å². The van der Waals surface area contributed by atoms with Crippen molar-refractivity contribution in [1.82, 2.24) is 19.8 Å². The lowest BCUT2D eigenvalue weighted by molar-refractivity contribution is -0.130. The van der Waals surface area contributed by atoms with Gasteiger partial charge in [-0.05, 0) is 85.0 Å². The van der Waals surface area contributed by atoms with E-state index >= 15 is 0 Å². The zero-order chi connectivity index (χ0) is 38.1. The van der Waals surface area contributed by atoms with Gasteiger partial charge in [-0.25, -0.2) is 0 Å². The molecule has 2 N–H and O–H groups in total. The minimum Gasteiger partial charge on any atom is -0.497 e. The van der Waals surface area contributed by atoms with Crippen LogP contribution in [0.2, 0.25) is 0 Å². The van der Waals surface area contributed by atoms with E-state index in [9.17, 15) is 9.59 Å². The second-order valence-corrected chi connectivity index (χ2v) is 11.8. The lowest BCUT2D eigenvalue weighted by Gasteiger charge is -2.23. The van der Waals surface area contributed by atoms with E-state index in [2.05, 4.69) is 16.9 Å². The van der Waals surface area contributed by atoms with Crippen LogP contribution in [-0.4, -0.2) is 89.3 Å². The van der Waals surface area contributed by atoms with Gasteiger partial charge in [0.1, 0.15) is 11.5 Å². The number of alkyl halides is 1. The summed E-state index contributed by atoms with van der Waals surface area (Å²) in [6.45, 7) is 5.13. The van der Waals surface area contributed by atoms with Gasteiger partial charge in [0.05, 0.1) is 40.8 Å². The van der Waals surface area contributed by atoms with Gasteiger partial charge in [0.25, 0.3) is 0 Å². The van der Waals surface area contributed by atoms with Crippen molar-refractivity contribution in [2.45, 2.75) is 71.1 Å². The number of likely N-dealkylation sites (tertiary alicyclic amines) is 2. The molecule has 12 heteroatoms. The molecule has 0 bridgehead atoms. The smallest absolute Gasteiger partial charge is 0.223 e. The minimum atomic E-state index is -0.00864. The third kappa shape index (κ3) is 16.1. The van der Waals surface area contributed by atoms with Crippen LogP contribution in [0.25, 0.3) is 0 Å². The quantitative estimate of drug-likeness (QED) is 0.143. The molecule has 0 saturated carbocycles. The van der Waals surface area contributed by atoms with Crippen molar-refractivity contribution >= 4 is 32.6 Å². The van der Waals surface area contributed by atoms with Gasteiger partial charge in [-0.1, -0.05) is 43.9 Å². The molecule has 284 valence electrons. The molecule has 2 aromatic heterocycles. The Morgan fingerprint density at radius 2 is 1.10 bits per heavy atom. The van der Waals surface area contributed by atoms with E-state index in [0.717, 1.165) is 41.0 Å². The van der Waals surface area contributed by atoms with E-state index < -0.39 is 0 Å². The Morgan fingerprint density at radius 1 is 0.731 bits per heavy atom. The van der Waals surface area contributed by atoms with Crippen LogP contribution >= 0.6 is 20.8 Å².